The number of aryl methyl sites for hydroxylation is 1. The lowest BCUT2D eigenvalue weighted by atomic mass is 10.1. The van der Waals surface area contributed by atoms with Crippen LogP contribution in [0.15, 0.2) is 77.7 Å². The molecule has 0 saturated carbocycles. The maximum atomic E-state index is 11.3. The molecular formula is C20H16N5O2S-. The molecule has 0 fully saturated rings. The second-order valence-corrected chi connectivity index (χ2v) is 7.05. The second-order valence-electron chi connectivity index (χ2n) is 6.11. The van der Waals surface area contributed by atoms with Gasteiger partial charge < -0.3 is 9.87 Å². The molecule has 0 spiro atoms. The first-order chi connectivity index (χ1) is 13.6. The van der Waals surface area contributed by atoms with Gasteiger partial charge in [-0.25, -0.2) is 0 Å². The molecule has 1 atom stereocenters. The van der Waals surface area contributed by atoms with Gasteiger partial charge in [-0.1, -0.05) is 42.5 Å². The molecule has 1 heterocycles. The molecule has 0 aliphatic heterocycles. The second kappa shape index (κ2) is 7.71. The maximum Gasteiger partial charge on any atom is 0.207 e. The third kappa shape index (κ3) is 3.83. The lowest BCUT2D eigenvalue weighted by molar-refractivity contribution is 0.537. The number of nitrogens with zero attached hydrogens (tertiary/aromatic N) is 4. The van der Waals surface area contributed by atoms with Gasteiger partial charge in [0, 0.05) is 21.8 Å². The van der Waals surface area contributed by atoms with E-state index in [0.717, 1.165) is 16.8 Å². The average molecular weight is 390 g/mol. The highest BCUT2D eigenvalue weighted by molar-refractivity contribution is 7.79. The van der Waals surface area contributed by atoms with Crippen LogP contribution in [-0.2, 0) is 18.1 Å². The summed E-state index contributed by atoms with van der Waals surface area (Å²) in [6.07, 6.45) is 0. The number of hydrogen-bond acceptors (Lipinski definition) is 6. The van der Waals surface area contributed by atoms with Crippen LogP contribution in [0.5, 0.6) is 0 Å². The number of anilines is 2. The van der Waals surface area contributed by atoms with E-state index in [1.807, 2.05) is 42.5 Å². The Hall–Kier alpha value is -3.36. The Bertz CT molecular complexity index is 1130. The van der Waals surface area contributed by atoms with Crippen molar-refractivity contribution in [2.24, 2.45) is 7.05 Å². The summed E-state index contributed by atoms with van der Waals surface area (Å²) in [6.45, 7) is 0. The zero-order valence-electron chi connectivity index (χ0n) is 14.9. The predicted octanol–water partition coefficient (Wildman–Crippen LogP) is 3.53. The fraction of sp³-hybridized carbons (Fsp3) is 0.0500. The number of rotatable bonds is 5. The Morgan fingerprint density at radius 2 is 1.68 bits per heavy atom. The van der Waals surface area contributed by atoms with Crippen molar-refractivity contribution in [1.29, 1.82) is 0 Å². The fourth-order valence-corrected chi connectivity index (χ4v) is 3.24. The monoisotopic (exact) mass is 390 g/mol. The van der Waals surface area contributed by atoms with Crippen LogP contribution in [-0.4, -0.2) is 29.0 Å². The topological polar surface area (TPSA) is 95.8 Å². The van der Waals surface area contributed by atoms with E-state index >= 15 is 0 Å². The van der Waals surface area contributed by atoms with Crippen molar-refractivity contribution in [3.05, 3.63) is 72.8 Å². The summed E-state index contributed by atoms with van der Waals surface area (Å²) in [5.41, 5.74) is 4.36. The molecule has 4 aromatic rings. The largest absolute Gasteiger partial charge is 0.768 e. The summed E-state index contributed by atoms with van der Waals surface area (Å²) in [5, 5.41) is 15.3. The lowest BCUT2D eigenvalue weighted by Gasteiger charge is -2.13. The third-order valence-electron chi connectivity index (χ3n) is 4.20. The Labute approximate surface area is 164 Å². The normalized spacial score (nSPS) is 11.9. The molecule has 0 aliphatic carbocycles. The van der Waals surface area contributed by atoms with Crippen molar-refractivity contribution in [3.63, 3.8) is 0 Å². The van der Waals surface area contributed by atoms with E-state index in [4.69, 9.17) is 0 Å². The first-order valence-electron chi connectivity index (χ1n) is 8.50. The molecular weight excluding hydrogens is 374 g/mol. The molecule has 0 radical (unpaired) electrons. The molecule has 0 bridgehead atoms. The van der Waals surface area contributed by atoms with Crippen LogP contribution in [0.1, 0.15) is 0 Å². The smallest absolute Gasteiger partial charge is 0.207 e. The van der Waals surface area contributed by atoms with Crippen molar-refractivity contribution >= 4 is 22.5 Å². The fourth-order valence-electron chi connectivity index (χ4n) is 2.85. The molecule has 4 rings (SSSR count). The van der Waals surface area contributed by atoms with Gasteiger partial charge in [0.2, 0.25) is 5.82 Å². The van der Waals surface area contributed by atoms with Crippen molar-refractivity contribution in [1.82, 2.24) is 20.2 Å². The van der Waals surface area contributed by atoms with Crippen LogP contribution < -0.4 is 5.32 Å². The minimum Gasteiger partial charge on any atom is -0.768 e. The van der Waals surface area contributed by atoms with E-state index in [9.17, 15) is 8.76 Å². The first-order valence-corrected chi connectivity index (χ1v) is 9.58. The first kappa shape index (κ1) is 18.0. The lowest BCUT2D eigenvalue weighted by Crippen LogP contribution is -1.98. The quantitative estimate of drug-likeness (QED) is 0.524. The van der Waals surface area contributed by atoms with Gasteiger partial charge in [0.1, 0.15) is 0 Å². The van der Waals surface area contributed by atoms with Gasteiger partial charge >= 0.3 is 0 Å². The van der Waals surface area contributed by atoms with Gasteiger partial charge in [0.15, 0.2) is 0 Å². The van der Waals surface area contributed by atoms with E-state index in [1.54, 1.807) is 13.1 Å². The summed E-state index contributed by atoms with van der Waals surface area (Å²) >= 11 is -2.35. The van der Waals surface area contributed by atoms with E-state index < -0.39 is 11.1 Å². The van der Waals surface area contributed by atoms with Gasteiger partial charge in [-0.15, -0.1) is 10.2 Å². The van der Waals surface area contributed by atoms with E-state index in [0.29, 0.717) is 17.1 Å². The van der Waals surface area contributed by atoms with Crippen molar-refractivity contribution in [2.75, 3.05) is 5.32 Å². The van der Waals surface area contributed by atoms with Gasteiger partial charge in [-0.3, -0.25) is 4.21 Å². The summed E-state index contributed by atoms with van der Waals surface area (Å²) in [4.78, 5) is 1.49. The molecule has 0 amide bonds. The Morgan fingerprint density at radius 3 is 2.32 bits per heavy atom. The highest BCUT2D eigenvalue weighted by Gasteiger charge is 2.12. The van der Waals surface area contributed by atoms with Crippen molar-refractivity contribution in [2.45, 2.75) is 4.90 Å². The molecule has 7 nitrogen and oxygen atoms in total. The van der Waals surface area contributed by atoms with Crippen LogP contribution in [0.2, 0.25) is 0 Å². The molecule has 1 unspecified atom stereocenters. The number of tetrazole rings is 1. The summed E-state index contributed by atoms with van der Waals surface area (Å²) in [5.74, 6) is 0.346. The van der Waals surface area contributed by atoms with Crippen molar-refractivity contribution in [3.8, 4) is 22.5 Å². The Morgan fingerprint density at radius 1 is 0.964 bits per heavy atom. The number of benzene rings is 3. The predicted molar refractivity (Wildman–Crippen MR) is 107 cm³/mol. The maximum absolute atomic E-state index is 11.3. The van der Waals surface area contributed by atoms with Crippen LogP contribution in [0.3, 0.4) is 0 Å². The Kier molecular flexibility index (Phi) is 4.96. The molecule has 0 saturated heterocycles. The highest BCUT2D eigenvalue weighted by Crippen LogP contribution is 2.30. The number of nitrogens with one attached hydrogen (secondary N) is 1. The van der Waals surface area contributed by atoms with E-state index in [-0.39, 0.29) is 4.90 Å². The van der Waals surface area contributed by atoms with Gasteiger partial charge in [-0.2, -0.15) is 4.80 Å². The molecule has 1 aromatic heterocycles. The van der Waals surface area contributed by atoms with Gasteiger partial charge in [0.05, 0.1) is 7.05 Å². The van der Waals surface area contributed by atoms with Crippen molar-refractivity contribution < 1.29 is 8.76 Å². The molecule has 3 aromatic carbocycles. The number of aromatic nitrogens is 4. The van der Waals surface area contributed by atoms with E-state index in [2.05, 4.69) is 32.9 Å². The molecule has 8 heteroatoms. The van der Waals surface area contributed by atoms with Gasteiger partial charge in [-0.05, 0) is 57.8 Å². The Balaban J connectivity index is 1.66. The zero-order valence-corrected chi connectivity index (χ0v) is 15.8. The molecule has 140 valence electrons. The summed E-state index contributed by atoms with van der Waals surface area (Å²) in [7, 11) is 1.65. The standard InChI is InChI=1S/C20H17N5O2S/c1-25-23-20(22-24-25)18-13-17(28(26)27)11-12-19(18)21-16-9-7-15(8-10-16)14-5-3-2-4-6-14/h2-13,21H,1H3,(H,26,27)/p-1. The minimum absolute atomic E-state index is 0.160. The SMILES string of the molecule is Cn1nnc(-c2cc(S(=O)[O-])ccc2Nc2ccc(-c3ccccc3)cc2)n1. The van der Waals surface area contributed by atoms with Crippen LogP contribution in [0.25, 0.3) is 22.5 Å². The van der Waals surface area contributed by atoms with Crippen LogP contribution in [0, 0.1) is 0 Å². The van der Waals surface area contributed by atoms with Crippen LogP contribution in [0.4, 0.5) is 11.4 Å². The zero-order chi connectivity index (χ0) is 19.5. The average Bonchev–Trinajstić information content (AvgIpc) is 3.15. The highest BCUT2D eigenvalue weighted by atomic mass is 32.2. The summed E-state index contributed by atoms with van der Waals surface area (Å²) < 4.78 is 22.7. The van der Waals surface area contributed by atoms with Gasteiger partial charge in [0.25, 0.3) is 0 Å². The molecule has 1 N–H and O–H groups in total. The summed E-state index contributed by atoms with van der Waals surface area (Å²) in [6, 6.07) is 22.9. The molecule has 28 heavy (non-hydrogen) atoms. The third-order valence-corrected chi connectivity index (χ3v) is 4.84. The molecule has 0 aliphatic rings. The minimum atomic E-state index is -2.35. The number of hydrogen-bond donors (Lipinski definition) is 1. The van der Waals surface area contributed by atoms with Crippen LogP contribution >= 0.6 is 0 Å². The van der Waals surface area contributed by atoms with E-state index in [1.165, 1.54) is 16.9 Å².